The Hall–Kier alpha value is -1.43. The summed E-state index contributed by atoms with van der Waals surface area (Å²) in [6.45, 7) is 1.26. The number of halogens is 3. The maximum atomic E-state index is 12.2. The zero-order valence-electron chi connectivity index (χ0n) is 8.27. The molecule has 2 heterocycles. The SMILES string of the molecule is O=C(c1ccc2c(n1)CCNC2)C(F)(F)F. The van der Waals surface area contributed by atoms with Crippen molar-refractivity contribution in [1.29, 1.82) is 0 Å². The predicted molar refractivity (Wildman–Crippen MR) is 50.0 cm³/mol. The summed E-state index contributed by atoms with van der Waals surface area (Å²) < 4.78 is 36.5. The van der Waals surface area contributed by atoms with E-state index < -0.39 is 17.7 Å². The van der Waals surface area contributed by atoms with Gasteiger partial charge in [0.25, 0.3) is 5.78 Å². The highest BCUT2D eigenvalue weighted by Gasteiger charge is 2.40. The number of hydrogen-bond donors (Lipinski definition) is 1. The van der Waals surface area contributed by atoms with Crippen LogP contribution in [0.3, 0.4) is 0 Å². The molecule has 1 aliphatic rings. The molecule has 0 aromatic carbocycles. The molecular formula is C10H9F3N2O. The number of aromatic nitrogens is 1. The minimum absolute atomic E-state index is 0.520. The van der Waals surface area contributed by atoms with Gasteiger partial charge < -0.3 is 5.32 Å². The molecule has 16 heavy (non-hydrogen) atoms. The van der Waals surface area contributed by atoms with Gasteiger partial charge in [-0.25, -0.2) is 4.98 Å². The third-order valence-corrected chi connectivity index (χ3v) is 2.41. The molecule has 1 aromatic heterocycles. The standard InChI is InChI=1S/C10H9F3N2O/c11-10(12,13)9(16)8-2-1-6-5-14-4-3-7(6)15-8/h1-2,14H,3-5H2. The Morgan fingerprint density at radius 1 is 1.38 bits per heavy atom. The largest absolute Gasteiger partial charge is 0.456 e. The number of pyridine rings is 1. The first-order chi connectivity index (χ1) is 7.48. The van der Waals surface area contributed by atoms with Crippen LogP contribution in [0.15, 0.2) is 12.1 Å². The first-order valence-electron chi connectivity index (χ1n) is 4.79. The second-order valence-corrected chi connectivity index (χ2v) is 3.56. The summed E-state index contributed by atoms with van der Waals surface area (Å²) in [4.78, 5) is 14.7. The second-order valence-electron chi connectivity index (χ2n) is 3.56. The van der Waals surface area contributed by atoms with E-state index in [2.05, 4.69) is 10.3 Å². The highest BCUT2D eigenvalue weighted by molar-refractivity contribution is 5.98. The van der Waals surface area contributed by atoms with Crippen LogP contribution in [0, 0.1) is 0 Å². The highest BCUT2D eigenvalue weighted by Crippen LogP contribution is 2.21. The summed E-state index contributed by atoms with van der Waals surface area (Å²) in [5.41, 5.74) is 0.909. The van der Waals surface area contributed by atoms with Crippen LogP contribution in [0.25, 0.3) is 0 Å². The van der Waals surface area contributed by atoms with Crippen LogP contribution in [-0.2, 0) is 13.0 Å². The Morgan fingerprint density at radius 3 is 2.81 bits per heavy atom. The molecule has 1 N–H and O–H groups in total. The number of fused-ring (bicyclic) bond motifs is 1. The summed E-state index contributed by atoms with van der Waals surface area (Å²) in [6.07, 6.45) is -4.30. The van der Waals surface area contributed by atoms with Gasteiger partial charge in [-0.2, -0.15) is 13.2 Å². The number of rotatable bonds is 1. The molecule has 1 aromatic rings. The lowest BCUT2D eigenvalue weighted by atomic mass is 10.1. The van der Waals surface area contributed by atoms with Gasteiger partial charge in [0.2, 0.25) is 0 Å². The molecule has 3 nitrogen and oxygen atoms in total. The van der Waals surface area contributed by atoms with Crippen LogP contribution in [0.5, 0.6) is 0 Å². The topological polar surface area (TPSA) is 42.0 Å². The fourth-order valence-electron chi connectivity index (χ4n) is 1.61. The van der Waals surface area contributed by atoms with Crippen LogP contribution in [0.2, 0.25) is 0 Å². The summed E-state index contributed by atoms with van der Waals surface area (Å²) in [5, 5.41) is 3.07. The fraction of sp³-hybridized carbons (Fsp3) is 0.400. The fourth-order valence-corrected chi connectivity index (χ4v) is 1.61. The van der Waals surface area contributed by atoms with Crippen molar-refractivity contribution in [3.8, 4) is 0 Å². The van der Waals surface area contributed by atoms with Gasteiger partial charge >= 0.3 is 6.18 Å². The molecule has 0 saturated carbocycles. The Balaban J connectivity index is 2.34. The minimum Gasteiger partial charge on any atom is -0.312 e. The lowest BCUT2D eigenvalue weighted by molar-refractivity contribution is -0.0888. The van der Waals surface area contributed by atoms with E-state index in [1.165, 1.54) is 6.07 Å². The van der Waals surface area contributed by atoms with Crippen molar-refractivity contribution in [1.82, 2.24) is 10.3 Å². The molecular weight excluding hydrogens is 221 g/mol. The smallest absolute Gasteiger partial charge is 0.312 e. The molecule has 0 aliphatic carbocycles. The molecule has 0 bridgehead atoms. The maximum absolute atomic E-state index is 12.2. The summed E-state index contributed by atoms with van der Waals surface area (Å²) in [6, 6.07) is 2.65. The van der Waals surface area contributed by atoms with Crippen molar-refractivity contribution in [2.75, 3.05) is 6.54 Å². The number of carbonyl (C=O) groups is 1. The van der Waals surface area contributed by atoms with Crippen LogP contribution in [0.4, 0.5) is 13.2 Å². The zero-order valence-corrected chi connectivity index (χ0v) is 8.27. The molecule has 0 spiro atoms. The van der Waals surface area contributed by atoms with E-state index in [0.717, 1.165) is 11.6 Å². The number of carbonyl (C=O) groups excluding carboxylic acids is 1. The lowest BCUT2D eigenvalue weighted by Crippen LogP contribution is -2.28. The molecule has 6 heteroatoms. The number of nitrogens with one attached hydrogen (secondary N) is 1. The van der Waals surface area contributed by atoms with Crippen LogP contribution in [-0.4, -0.2) is 23.5 Å². The average Bonchev–Trinajstić information content (AvgIpc) is 2.26. The van der Waals surface area contributed by atoms with E-state index in [-0.39, 0.29) is 0 Å². The van der Waals surface area contributed by atoms with Gasteiger partial charge in [0, 0.05) is 25.2 Å². The Morgan fingerprint density at radius 2 is 2.12 bits per heavy atom. The lowest BCUT2D eigenvalue weighted by Gasteiger charge is -2.16. The highest BCUT2D eigenvalue weighted by atomic mass is 19.4. The number of hydrogen-bond acceptors (Lipinski definition) is 3. The number of Topliss-reactive ketones (excluding diaryl/α,β-unsaturated/α-hetero) is 1. The average molecular weight is 230 g/mol. The van der Waals surface area contributed by atoms with E-state index in [0.29, 0.717) is 25.2 Å². The van der Waals surface area contributed by atoms with Gasteiger partial charge in [0.15, 0.2) is 0 Å². The third-order valence-electron chi connectivity index (χ3n) is 2.41. The monoisotopic (exact) mass is 230 g/mol. The molecule has 0 amide bonds. The van der Waals surface area contributed by atoms with Gasteiger partial charge in [0.05, 0.1) is 0 Å². The zero-order chi connectivity index (χ0) is 11.8. The van der Waals surface area contributed by atoms with Gasteiger partial charge in [-0.1, -0.05) is 6.07 Å². The maximum Gasteiger partial charge on any atom is 0.456 e. The van der Waals surface area contributed by atoms with E-state index in [4.69, 9.17) is 0 Å². The molecule has 0 fully saturated rings. The third kappa shape index (κ3) is 2.06. The van der Waals surface area contributed by atoms with Gasteiger partial charge in [-0.05, 0) is 11.6 Å². The van der Waals surface area contributed by atoms with Crippen molar-refractivity contribution >= 4 is 5.78 Å². The molecule has 86 valence electrons. The summed E-state index contributed by atoms with van der Waals surface area (Å²) >= 11 is 0. The molecule has 0 atom stereocenters. The van der Waals surface area contributed by atoms with Gasteiger partial charge in [-0.3, -0.25) is 4.79 Å². The van der Waals surface area contributed by atoms with Gasteiger partial charge in [0.1, 0.15) is 5.69 Å². The van der Waals surface area contributed by atoms with E-state index >= 15 is 0 Å². The van der Waals surface area contributed by atoms with Crippen LogP contribution in [0.1, 0.15) is 21.7 Å². The second kappa shape index (κ2) is 3.86. The van der Waals surface area contributed by atoms with Crippen molar-refractivity contribution in [2.45, 2.75) is 19.1 Å². The van der Waals surface area contributed by atoms with Crippen LogP contribution >= 0.6 is 0 Å². The predicted octanol–water partition coefficient (Wildman–Crippen LogP) is 1.47. The molecule has 1 aliphatic heterocycles. The van der Waals surface area contributed by atoms with Gasteiger partial charge in [-0.15, -0.1) is 0 Å². The Bertz CT molecular complexity index is 429. The summed E-state index contributed by atoms with van der Waals surface area (Å²) in [5.74, 6) is -1.88. The van der Waals surface area contributed by atoms with E-state index in [1.54, 1.807) is 0 Å². The molecule has 0 unspecified atom stereocenters. The quantitative estimate of drug-likeness (QED) is 0.743. The first kappa shape index (κ1) is 11.1. The van der Waals surface area contributed by atoms with Crippen molar-refractivity contribution in [2.24, 2.45) is 0 Å². The van der Waals surface area contributed by atoms with E-state index in [1.807, 2.05) is 0 Å². The van der Waals surface area contributed by atoms with E-state index in [9.17, 15) is 18.0 Å². The minimum atomic E-state index is -4.85. The Labute approximate surface area is 89.7 Å². The first-order valence-corrected chi connectivity index (χ1v) is 4.79. The summed E-state index contributed by atoms with van der Waals surface area (Å²) in [7, 11) is 0. The van der Waals surface area contributed by atoms with Crippen molar-refractivity contribution < 1.29 is 18.0 Å². The number of alkyl halides is 3. The normalized spacial score (nSPS) is 15.7. The number of nitrogens with zero attached hydrogens (tertiary/aromatic N) is 1. The van der Waals surface area contributed by atoms with Crippen molar-refractivity contribution in [3.63, 3.8) is 0 Å². The van der Waals surface area contributed by atoms with Crippen LogP contribution < -0.4 is 5.32 Å². The molecule has 0 saturated heterocycles. The number of ketones is 1. The molecule has 2 rings (SSSR count). The Kier molecular flexibility index (Phi) is 2.67. The van der Waals surface area contributed by atoms with Crippen molar-refractivity contribution in [3.05, 3.63) is 29.1 Å². The molecule has 0 radical (unpaired) electrons.